The van der Waals surface area contributed by atoms with E-state index < -0.39 is 0 Å². The van der Waals surface area contributed by atoms with E-state index in [0.717, 1.165) is 6.54 Å². The third-order valence-corrected chi connectivity index (χ3v) is 3.42. The number of nitrogens with one attached hydrogen (secondary N) is 1. The Morgan fingerprint density at radius 2 is 2.00 bits per heavy atom. The van der Waals surface area contributed by atoms with Crippen LogP contribution >= 0.6 is 11.8 Å². The van der Waals surface area contributed by atoms with Crippen molar-refractivity contribution in [2.75, 3.05) is 23.4 Å². The molecule has 0 unspecified atom stereocenters. The molecule has 0 saturated heterocycles. The van der Waals surface area contributed by atoms with Gasteiger partial charge in [-0.1, -0.05) is 31.5 Å². The molecule has 0 spiro atoms. The molecule has 0 heterocycles. The van der Waals surface area contributed by atoms with E-state index in [1.165, 1.54) is 35.6 Å². The van der Waals surface area contributed by atoms with E-state index in [4.69, 9.17) is 0 Å². The molecule has 0 atom stereocenters. The second-order valence-corrected chi connectivity index (χ2v) is 4.93. The van der Waals surface area contributed by atoms with E-state index in [1.54, 1.807) is 0 Å². The average Bonchev–Trinajstić information content (AvgIpc) is 2.25. The highest BCUT2D eigenvalue weighted by molar-refractivity contribution is 7.99. The molecule has 1 nitrogen and oxygen atoms in total. The number of anilines is 1. The second kappa shape index (κ2) is 7.63. The molecule has 0 amide bonds. The van der Waals surface area contributed by atoms with Crippen molar-refractivity contribution in [3.05, 3.63) is 29.8 Å². The van der Waals surface area contributed by atoms with Crippen molar-refractivity contribution >= 4 is 17.4 Å². The van der Waals surface area contributed by atoms with Crippen LogP contribution in [0.1, 0.15) is 25.3 Å². The van der Waals surface area contributed by atoms with Crippen LogP contribution in [0.15, 0.2) is 24.3 Å². The van der Waals surface area contributed by atoms with E-state index in [0.29, 0.717) is 0 Å². The number of benzene rings is 1. The summed E-state index contributed by atoms with van der Waals surface area (Å²) in [5.74, 6) is 2.50. The molecule has 0 aliphatic heterocycles. The molecule has 0 fully saturated rings. The topological polar surface area (TPSA) is 12.0 Å². The number of thioether (sulfide) groups is 1. The van der Waals surface area contributed by atoms with Crippen molar-refractivity contribution in [3.8, 4) is 0 Å². The molecule has 1 rings (SSSR count). The summed E-state index contributed by atoms with van der Waals surface area (Å²) in [6.45, 7) is 5.46. The van der Waals surface area contributed by atoms with Crippen LogP contribution in [-0.2, 0) is 0 Å². The Bertz CT molecular complexity index is 273. The van der Waals surface area contributed by atoms with Gasteiger partial charge in [0.1, 0.15) is 0 Å². The summed E-state index contributed by atoms with van der Waals surface area (Å²) >= 11 is 2.04. The van der Waals surface area contributed by atoms with Gasteiger partial charge in [-0.05, 0) is 30.7 Å². The summed E-state index contributed by atoms with van der Waals surface area (Å²) in [6, 6.07) is 8.45. The van der Waals surface area contributed by atoms with Crippen LogP contribution in [0.5, 0.6) is 0 Å². The minimum absolute atomic E-state index is 1.07. The van der Waals surface area contributed by atoms with E-state index in [2.05, 4.69) is 43.4 Å². The number of hydrogen-bond acceptors (Lipinski definition) is 2. The molecular formula is C13H21NS. The molecule has 0 saturated carbocycles. The van der Waals surface area contributed by atoms with Gasteiger partial charge in [-0.25, -0.2) is 0 Å². The van der Waals surface area contributed by atoms with Crippen LogP contribution in [0.25, 0.3) is 0 Å². The normalized spacial score (nSPS) is 10.3. The van der Waals surface area contributed by atoms with Gasteiger partial charge in [0.2, 0.25) is 0 Å². The highest BCUT2D eigenvalue weighted by Crippen LogP contribution is 2.13. The Morgan fingerprint density at radius 1 is 1.20 bits per heavy atom. The summed E-state index contributed by atoms with van der Waals surface area (Å²) in [4.78, 5) is 0. The lowest BCUT2D eigenvalue weighted by molar-refractivity contribution is 0.896. The lowest BCUT2D eigenvalue weighted by Crippen LogP contribution is -2.05. The summed E-state index contributed by atoms with van der Waals surface area (Å²) < 4.78 is 0. The molecule has 1 aromatic rings. The Labute approximate surface area is 97.7 Å². The predicted molar refractivity (Wildman–Crippen MR) is 71.9 cm³/mol. The predicted octanol–water partition coefficient (Wildman–Crippen LogP) is 3.94. The van der Waals surface area contributed by atoms with Gasteiger partial charge < -0.3 is 5.32 Å². The standard InChI is InChI=1S/C13H21NS/c1-3-4-10-15-11-9-14-13-8-6-5-7-12(13)2/h5-8,14H,3-4,9-11H2,1-2H3. The Kier molecular flexibility index (Phi) is 6.33. The molecule has 0 aliphatic carbocycles. The molecule has 2 heteroatoms. The fourth-order valence-corrected chi connectivity index (χ4v) is 2.32. The summed E-state index contributed by atoms with van der Waals surface area (Å²) in [5.41, 5.74) is 2.60. The van der Waals surface area contributed by atoms with E-state index in [-0.39, 0.29) is 0 Å². The maximum atomic E-state index is 3.47. The monoisotopic (exact) mass is 223 g/mol. The van der Waals surface area contributed by atoms with Gasteiger partial charge in [-0.3, -0.25) is 0 Å². The van der Waals surface area contributed by atoms with Gasteiger partial charge in [0.25, 0.3) is 0 Å². The fourth-order valence-electron chi connectivity index (χ4n) is 1.38. The Balaban J connectivity index is 2.12. The maximum Gasteiger partial charge on any atom is 0.0370 e. The lowest BCUT2D eigenvalue weighted by Gasteiger charge is -2.08. The maximum absolute atomic E-state index is 3.47. The van der Waals surface area contributed by atoms with Gasteiger partial charge >= 0.3 is 0 Å². The Morgan fingerprint density at radius 3 is 2.73 bits per heavy atom. The minimum Gasteiger partial charge on any atom is -0.384 e. The molecule has 1 N–H and O–H groups in total. The summed E-state index contributed by atoms with van der Waals surface area (Å²) in [7, 11) is 0. The molecule has 1 aromatic carbocycles. The fraction of sp³-hybridized carbons (Fsp3) is 0.538. The zero-order valence-corrected chi connectivity index (χ0v) is 10.6. The van der Waals surface area contributed by atoms with Crippen molar-refractivity contribution < 1.29 is 0 Å². The third-order valence-electron chi connectivity index (χ3n) is 2.35. The second-order valence-electron chi connectivity index (χ2n) is 3.71. The smallest absolute Gasteiger partial charge is 0.0370 e. The molecular weight excluding hydrogens is 202 g/mol. The van der Waals surface area contributed by atoms with Crippen molar-refractivity contribution in [2.45, 2.75) is 26.7 Å². The van der Waals surface area contributed by atoms with Crippen LogP contribution in [0.4, 0.5) is 5.69 Å². The van der Waals surface area contributed by atoms with Gasteiger partial charge in [0.15, 0.2) is 0 Å². The van der Waals surface area contributed by atoms with Gasteiger partial charge in [0.05, 0.1) is 0 Å². The van der Waals surface area contributed by atoms with Crippen molar-refractivity contribution in [2.24, 2.45) is 0 Å². The first-order valence-electron chi connectivity index (χ1n) is 5.72. The number of hydrogen-bond donors (Lipinski definition) is 1. The van der Waals surface area contributed by atoms with Crippen LogP contribution < -0.4 is 5.32 Å². The van der Waals surface area contributed by atoms with Gasteiger partial charge in [0, 0.05) is 18.0 Å². The first-order valence-corrected chi connectivity index (χ1v) is 6.87. The first-order chi connectivity index (χ1) is 7.34. The zero-order chi connectivity index (χ0) is 10.9. The highest BCUT2D eigenvalue weighted by Gasteiger charge is 1.94. The number of unbranched alkanes of at least 4 members (excludes halogenated alkanes) is 1. The van der Waals surface area contributed by atoms with Crippen molar-refractivity contribution in [1.82, 2.24) is 0 Å². The van der Waals surface area contributed by atoms with Crippen molar-refractivity contribution in [1.29, 1.82) is 0 Å². The largest absolute Gasteiger partial charge is 0.384 e. The van der Waals surface area contributed by atoms with Gasteiger partial charge in [-0.15, -0.1) is 0 Å². The first kappa shape index (κ1) is 12.4. The van der Waals surface area contributed by atoms with Gasteiger partial charge in [-0.2, -0.15) is 11.8 Å². The Hall–Kier alpha value is -0.630. The van der Waals surface area contributed by atoms with E-state index in [1.807, 2.05) is 11.8 Å². The minimum atomic E-state index is 1.07. The number of aryl methyl sites for hydroxylation is 1. The van der Waals surface area contributed by atoms with E-state index >= 15 is 0 Å². The lowest BCUT2D eigenvalue weighted by atomic mass is 10.2. The quantitative estimate of drug-likeness (QED) is 0.703. The molecule has 0 bridgehead atoms. The molecule has 0 aliphatic rings. The summed E-state index contributed by atoms with van der Waals surface area (Å²) in [5, 5.41) is 3.47. The molecule has 84 valence electrons. The molecule has 0 radical (unpaired) electrons. The third kappa shape index (κ3) is 5.12. The summed E-state index contributed by atoms with van der Waals surface area (Å²) in [6.07, 6.45) is 2.65. The molecule has 0 aromatic heterocycles. The number of para-hydroxylation sites is 1. The highest BCUT2D eigenvalue weighted by atomic mass is 32.2. The SMILES string of the molecule is CCCCSCCNc1ccccc1C. The van der Waals surface area contributed by atoms with Crippen LogP contribution in [0.2, 0.25) is 0 Å². The zero-order valence-electron chi connectivity index (χ0n) is 9.75. The van der Waals surface area contributed by atoms with Crippen LogP contribution in [0, 0.1) is 6.92 Å². The van der Waals surface area contributed by atoms with Crippen molar-refractivity contribution in [3.63, 3.8) is 0 Å². The van der Waals surface area contributed by atoms with E-state index in [9.17, 15) is 0 Å². The average molecular weight is 223 g/mol. The number of rotatable bonds is 7. The molecule has 15 heavy (non-hydrogen) atoms. The van der Waals surface area contributed by atoms with Crippen LogP contribution in [0.3, 0.4) is 0 Å². The van der Waals surface area contributed by atoms with Crippen LogP contribution in [-0.4, -0.2) is 18.1 Å².